The minimum absolute atomic E-state index is 0.607. The van der Waals surface area contributed by atoms with Crippen LogP contribution in [0.15, 0.2) is 33.2 Å². The molecule has 1 aromatic carbocycles. The molecule has 0 bridgehead atoms. The minimum Gasteiger partial charge on any atom is -0.437 e. The second kappa shape index (κ2) is 7.05. The Kier molecular flexibility index (Phi) is 4.76. The van der Waals surface area contributed by atoms with Gasteiger partial charge < -0.3 is 13.9 Å². The fraction of sp³-hybridized carbons (Fsp3) is 0.381. The first-order valence-electron chi connectivity index (χ1n) is 9.12. The third kappa shape index (κ3) is 3.38. The Hall–Kier alpha value is -1.85. The van der Waals surface area contributed by atoms with Gasteiger partial charge in [-0.05, 0) is 82.7 Å². The first-order valence-corrected chi connectivity index (χ1v) is 9.92. The fourth-order valence-corrected chi connectivity index (χ4v) is 4.29. The van der Waals surface area contributed by atoms with Gasteiger partial charge in [0, 0.05) is 28.0 Å². The van der Waals surface area contributed by atoms with E-state index in [0.717, 1.165) is 15.6 Å². The van der Waals surface area contributed by atoms with E-state index in [1.807, 2.05) is 24.3 Å². The molecule has 1 fully saturated rings. The molecule has 0 saturated carbocycles. The fourth-order valence-electron chi connectivity index (χ4n) is 3.94. The number of rotatable bonds is 3. The molecule has 0 amide bonds. The number of oxazole rings is 1. The maximum absolute atomic E-state index is 5.82. The van der Waals surface area contributed by atoms with Crippen LogP contribution in [-0.2, 0) is 0 Å². The first-order chi connectivity index (χ1) is 12.5. The van der Waals surface area contributed by atoms with Gasteiger partial charge in [-0.1, -0.05) is 15.9 Å². The van der Waals surface area contributed by atoms with Gasteiger partial charge in [0.25, 0.3) is 0 Å². The highest BCUT2D eigenvalue weighted by atomic mass is 79.9. The third-order valence-electron chi connectivity index (χ3n) is 5.35. The molecule has 4 nitrogen and oxygen atoms in total. The van der Waals surface area contributed by atoms with E-state index >= 15 is 0 Å². The van der Waals surface area contributed by atoms with E-state index in [1.54, 1.807) is 0 Å². The molecule has 3 aromatic rings. The van der Waals surface area contributed by atoms with Crippen molar-refractivity contribution in [2.45, 2.75) is 32.7 Å². The predicted octanol–water partition coefficient (Wildman–Crippen LogP) is 5.45. The molecule has 0 unspecified atom stereocenters. The Balaban J connectivity index is 1.59. The summed E-state index contributed by atoms with van der Waals surface area (Å²) in [5, 5.41) is 0. The molecule has 1 saturated heterocycles. The Labute approximate surface area is 162 Å². The van der Waals surface area contributed by atoms with Gasteiger partial charge in [-0.3, -0.25) is 0 Å². The standard InChI is InChI=1S/C21H24BrN3O/c1-14-12-16(15(2)25(14)18-8-10-24(3)11-9-18)4-7-21-23-19-13-17(22)5-6-20(19)26-21/h4-7,12-13,18H,8-11H2,1-3H3. The van der Waals surface area contributed by atoms with Gasteiger partial charge in [-0.25, -0.2) is 4.98 Å². The van der Waals surface area contributed by atoms with Gasteiger partial charge in [0.2, 0.25) is 5.89 Å². The van der Waals surface area contributed by atoms with Crippen LogP contribution >= 0.6 is 15.9 Å². The van der Waals surface area contributed by atoms with Gasteiger partial charge >= 0.3 is 0 Å². The van der Waals surface area contributed by atoms with Gasteiger partial charge in [-0.2, -0.15) is 0 Å². The number of hydrogen-bond acceptors (Lipinski definition) is 3. The zero-order valence-corrected chi connectivity index (χ0v) is 17.1. The van der Waals surface area contributed by atoms with Gasteiger partial charge in [0.15, 0.2) is 5.58 Å². The van der Waals surface area contributed by atoms with Crippen LogP contribution in [0.5, 0.6) is 0 Å². The van der Waals surface area contributed by atoms with Crippen LogP contribution in [0.2, 0.25) is 0 Å². The summed E-state index contributed by atoms with van der Waals surface area (Å²) in [4.78, 5) is 6.96. The largest absolute Gasteiger partial charge is 0.437 e. The highest BCUT2D eigenvalue weighted by molar-refractivity contribution is 9.10. The number of likely N-dealkylation sites (tertiary alicyclic amines) is 1. The maximum atomic E-state index is 5.82. The number of aryl methyl sites for hydroxylation is 1. The summed E-state index contributed by atoms with van der Waals surface area (Å²) < 4.78 is 9.34. The lowest BCUT2D eigenvalue weighted by atomic mass is 10.0. The van der Waals surface area contributed by atoms with E-state index in [1.165, 1.54) is 42.9 Å². The highest BCUT2D eigenvalue weighted by Crippen LogP contribution is 2.29. The molecule has 26 heavy (non-hydrogen) atoms. The molecule has 136 valence electrons. The Morgan fingerprint density at radius 2 is 1.92 bits per heavy atom. The topological polar surface area (TPSA) is 34.2 Å². The molecule has 4 rings (SSSR count). The minimum atomic E-state index is 0.607. The summed E-state index contributed by atoms with van der Waals surface area (Å²) in [6.07, 6.45) is 6.52. The SMILES string of the molecule is Cc1cc(C=Cc2nc3cc(Br)ccc3o2)c(C)n1C1CCN(C)CC1. The number of piperidine rings is 1. The van der Waals surface area contributed by atoms with E-state index in [2.05, 4.69) is 63.4 Å². The van der Waals surface area contributed by atoms with Crippen LogP contribution in [0, 0.1) is 13.8 Å². The van der Waals surface area contributed by atoms with Crippen LogP contribution in [0.4, 0.5) is 0 Å². The van der Waals surface area contributed by atoms with Crippen LogP contribution in [0.25, 0.3) is 23.3 Å². The van der Waals surface area contributed by atoms with Crippen molar-refractivity contribution in [1.29, 1.82) is 0 Å². The lowest BCUT2D eigenvalue weighted by Crippen LogP contribution is -2.32. The molecule has 0 atom stereocenters. The molecule has 1 aliphatic heterocycles. The van der Waals surface area contributed by atoms with E-state index in [9.17, 15) is 0 Å². The van der Waals surface area contributed by atoms with Crippen LogP contribution in [0.3, 0.4) is 0 Å². The van der Waals surface area contributed by atoms with Crippen molar-refractivity contribution in [2.75, 3.05) is 20.1 Å². The van der Waals surface area contributed by atoms with Crippen molar-refractivity contribution in [3.8, 4) is 0 Å². The van der Waals surface area contributed by atoms with Crippen molar-refractivity contribution < 1.29 is 4.42 Å². The average molecular weight is 414 g/mol. The van der Waals surface area contributed by atoms with Crippen molar-refractivity contribution in [3.05, 3.63) is 51.6 Å². The highest BCUT2D eigenvalue weighted by Gasteiger charge is 2.21. The summed E-state index contributed by atoms with van der Waals surface area (Å²) in [6.45, 7) is 6.77. The summed E-state index contributed by atoms with van der Waals surface area (Å²) in [5.41, 5.74) is 5.58. The summed E-state index contributed by atoms with van der Waals surface area (Å²) >= 11 is 3.47. The number of benzene rings is 1. The maximum Gasteiger partial charge on any atom is 0.220 e. The quantitative estimate of drug-likeness (QED) is 0.572. The molecule has 0 spiro atoms. The first kappa shape index (κ1) is 17.6. The van der Waals surface area contributed by atoms with Crippen LogP contribution in [-0.4, -0.2) is 34.6 Å². The lowest BCUT2D eigenvalue weighted by molar-refractivity contribution is 0.218. The summed E-state index contributed by atoms with van der Waals surface area (Å²) in [5.74, 6) is 0.641. The number of nitrogens with zero attached hydrogens (tertiary/aromatic N) is 3. The van der Waals surface area contributed by atoms with Crippen molar-refractivity contribution in [1.82, 2.24) is 14.5 Å². The molecular weight excluding hydrogens is 390 g/mol. The van der Waals surface area contributed by atoms with Gasteiger partial charge in [-0.15, -0.1) is 0 Å². The molecule has 0 N–H and O–H groups in total. The second-order valence-electron chi connectivity index (χ2n) is 7.23. The van der Waals surface area contributed by atoms with Gasteiger partial charge in [0.05, 0.1) is 0 Å². The Bertz CT molecular complexity index is 961. The number of aromatic nitrogens is 2. The molecule has 1 aliphatic rings. The van der Waals surface area contributed by atoms with Crippen molar-refractivity contribution in [3.63, 3.8) is 0 Å². The monoisotopic (exact) mass is 413 g/mol. The molecule has 3 heterocycles. The van der Waals surface area contributed by atoms with E-state index in [-0.39, 0.29) is 0 Å². The molecule has 2 aromatic heterocycles. The Morgan fingerprint density at radius 1 is 1.15 bits per heavy atom. The number of halogens is 1. The molecular formula is C21H24BrN3O. The molecule has 0 aliphatic carbocycles. The lowest BCUT2D eigenvalue weighted by Gasteiger charge is -2.31. The van der Waals surface area contributed by atoms with E-state index in [4.69, 9.17) is 4.42 Å². The summed E-state index contributed by atoms with van der Waals surface area (Å²) in [7, 11) is 2.21. The molecule has 5 heteroatoms. The third-order valence-corrected chi connectivity index (χ3v) is 5.84. The predicted molar refractivity (Wildman–Crippen MR) is 110 cm³/mol. The van der Waals surface area contributed by atoms with E-state index in [0.29, 0.717) is 11.9 Å². The average Bonchev–Trinajstić information content (AvgIpc) is 3.14. The van der Waals surface area contributed by atoms with Crippen LogP contribution in [0.1, 0.15) is 41.7 Å². The zero-order chi connectivity index (χ0) is 18.3. The zero-order valence-electron chi connectivity index (χ0n) is 15.5. The van der Waals surface area contributed by atoms with Crippen LogP contribution < -0.4 is 0 Å². The Morgan fingerprint density at radius 3 is 2.69 bits per heavy atom. The van der Waals surface area contributed by atoms with Gasteiger partial charge in [0.1, 0.15) is 5.52 Å². The molecule has 0 radical (unpaired) electrons. The van der Waals surface area contributed by atoms with Crippen molar-refractivity contribution >= 4 is 39.2 Å². The normalized spacial score (nSPS) is 16.9. The van der Waals surface area contributed by atoms with E-state index < -0.39 is 0 Å². The van der Waals surface area contributed by atoms with Crippen molar-refractivity contribution in [2.24, 2.45) is 0 Å². The smallest absolute Gasteiger partial charge is 0.220 e. The number of fused-ring (bicyclic) bond motifs is 1. The summed E-state index contributed by atoms with van der Waals surface area (Å²) in [6, 6.07) is 8.76. The second-order valence-corrected chi connectivity index (χ2v) is 8.14. The number of hydrogen-bond donors (Lipinski definition) is 0.